The lowest BCUT2D eigenvalue weighted by Crippen LogP contribution is -1.96. The van der Waals surface area contributed by atoms with Crippen LogP contribution in [-0.2, 0) is 13.0 Å². The molecule has 0 saturated carbocycles. The summed E-state index contributed by atoms with van der Waals surface area (Å²) < 4.78 is 1.92. The normalized spacial score (nSPS) is 11.2. The molecule has 0 aliphatic carbocycles. The molecule has 0 atom stereocenters. The molecule has 13 heavy (non-hydrogen) atoms. The van der Waals surface area contributed by atoms with E-state index < -0.39 is 0 Å². The second kappa shape index (κ2) is 3.22. The van der Waals surface area contributed by atoms with Crippen LogP contribution < -0.4 is 5.73 Å². The monoisotopic (exact) mass is 178 g/mol. The Morgan fingerprint density at radius 3 is 3.08 bits per heavy atom. The van der Waals surface area contributed by atoms with E-state index in [9.17, 15) is 0 Å². The third-order valence-electron chi connectivity index (χ3n) is 2.08. The third kappa shape index (κ3) is 1.45. The van der Waals surface area contributed by atoms with Crippen LogP contribution in [-0.4, -0.2) is 14.6 Å². The number of H-pyrrole nitrogens is 1. The zero-order chi connectivity index (χ0) is 9.26. The Labute approximate surface area is 76.7 Å². The number of aryl methyl sites for hydroxylation is 1. The van der Waals surface area contributed by atoms with Crippen molar-refractivity contribution in [3.8, 4) is 0 Å². The quantitative estimate of drug-likeness (QED) is 0.738. The summed E-state index contributed by atoms with van der Waals surface area (Å²) >= 11 is 0. The molecule has 0 unspecified atom stereocenters. The molecule has 4 nitrogen and oxygen atoms in total. The van der Waals surface area contributed by atoms with Gasteiger partial charge in [0.1, 0.15) is 0 Å². The second-order valence-corrected chi connectivity index (χ2v) is 3.20. The first-order valence-corrected chi connectivity index (χ1v) is 4.59. The number of fused-ring (bicyclic) bond motifs is 1. The first-order valence-electron chi connectivity index (χ1n) is 4.59. The van der Waals surface area contributed by atoms with E-state index in [0.717, 1.165) is 24.2 Å². The maximum atomic E-state index is 5.48. The van der Waals surface area contributed by atoms with Crippen LogP contribution in [0, 0.1) is 0 Å². The smallest absolute Gasteiger partial charge is 0.153 e. The van der Waals surface area contributed by atoms with Gasteiger partial charge in [0.25, 0.3) is 0 Å². The van der Waals surface area contributed by atoms with Crippen molar-refractivity contribution in [3.63, 3.8) is 0 Å². The minimum atomic E-state index is 0.499. The molecule has 2 heterocycles. The maximum Gasteiger partial charge on any atom is 0.153 e. The van der Waals surface area contributed by atoms with Crippen LogP contribution in [0.5, 0.6) is 0 Å². The van der Waals surface area contributed by atoms with Crippen LogP contribution in [0.15, 0.2) is 12.3 Å². The molecule has 0 spiro atoms. The van der Waals surface area contributed by atoms with Gasteiger partial charge in [-0.25, -0.2) is 9.50 Å². The van der Waals surface area contributed by atoms with Crippen LogP contribution in [0.1, 0.15) is 24.7 Å². The van der Waals surface area contributed by atoms with E-state index in [1.807, 2.05) is 10.7 Å². The van der Waals surface area contributed by atoms with E-state index >= 15 is 0 Å². The van der Waals surface area contributed by atoms with E-state index in [-0.39, 0.29) is 0 Å². The van der Waals surface area contributed by atoms with Crippen molar-refractivity contribution in [1.82, 2.24) is 14.6 Å². The van der Waals surface area contributed by atoms with Crippen LogP contribution in [0.2, 0.25) is 0 Å². The standard InChI is InChI=1S/C9H14N4/c1-2-3-7-4-9-11-8(5-10)6-13(9)12-7/h4,6,12H,2-3,5,10H2,1H3. The molecule has 2 aromatic rings. The molecule has 0 fully saturated rings. The molecule has 0 radical (unpaired) electrons. The summed E-state index contributed by atoms with van der Waals surface area (Å²) in [5, 5.41) is 3.25. The van der Waals surface area contributed by atoms with Crippen LogP contribution in [0.25, 0.3) is 5.65 Å². The molecule has 0 bridgehead atoms. The molecular weight excluding hydrogens is 164 g/mol. The molecule has 0 amide bonds. The number of nitrogens with two attached hydrogens (primary N) is 1. The fourth-order valence-corrected chi connectivity index (χ4v) is 1.47. The van der Waals surface area contributed by atoms with Gasteiger partial charge in [0.2, 0.25) is 0 Å². The first kappa shape index (κ1) is 8.31. The molecule has 3 N–H and O–H groups in total. The number of imidazole rings is 1. The number of aromatic amines is 1. The average molecular weight is 178 g/mol. The van der Waals surface area contributed by atoms with E-state index in [1.54, 1.807) is 0 Å². The number of aromatic nitrogens is 3. The van der Waals surface area contributed by atoms with E-state index in [4.69, 9.17) is 5.73 Å². The maximum absolute atomic E-state index is 5.48. The third-order valence-corrected chi connectivity index (χ3v) is 2.08. The topological polar surface area (TPSA) is 59.1 Å². The number of rotatable bonds is 3. The average Bonchev–Trinajstić information content (AvgIpc) is 2.61. The predicted octanol–water partition coefficient (Wildman–Crippen LogP) is 1.07. The van der Waals surface area contributed by atoms with Crippen molar-refractivity contribution in [2.24, 2.45) is 5.73 Å². The fraction of sp³-hybridized carbons (Fsp3) is 0.444. The van der Waals surface area contributed by atoms with Gasteiger partial charge < -0.3 is 5.73 Å². The fourth-order valence-electron chi connectivity index (χ4n) is 1.47. The van der Waals surface area contributed by atoms with Gasteiger partial charge in [-0.3, -0.25) is 5.10 Å². The van der Waals surface area contributed by atoms with Gasteiger partial charge >= 0.3 is 0 Å². The number of nitrogens with zero attached hydrogens (tertiary/aromatic N) is 2. The van der Waals surface area contributed by atoms with Crippen molar-refractivity contribution < 1.29 is 0 Å². The summed E-state index contributed by atoms with van der Waals surface area (Å²) in [6, 6.07) is 2.07. The summed E-state index contributed by atoms with van der Waals surface area (Å²) in [6.07, 6.45) is 4.16. The van der Waals surface area contributed by atoms with Gasteiger partial charge in [-0.2, -0.15) is 0 Å². The van der Waals surface area contributed by atoms with Gasteiger partial charge in [0.15, 0.2) is 5.65 Å². The Bertz CT molecular complexity index is 367. The molecule has 0 aliphatic rings. The first-order chi connectivity index (χ1) is 6.33. The molecular formula is C9H14N4. The summed E-state index contributed by atoms with van der Waals surface area (Å²) in [7, 11) is 0. The van der Waals surface area contributed by atoms with Crippen molar-refractivity contribution in [3.05, 3.63) is 23.7 Å². The Kier molecular flexibility index (Phi) is 2.06. The van der Waals surface area contributed by atoms with Gasteiger partial charge in [-0.15, -0.1) is 0 Å². The van der Waals surface area contributed by atoms with Crippen LogP contribution >= 0.6 is 0 Å². The minimum absolute atomic E-state index is 0.499. The minimum Gasteiger partial charge on any atom is -0.325 e. The lowest BCUT2D eigenvalue weighted by molar-refractivity contribution is 0.837. The number of hydrogen-bond acceptors (Lipinski definition) is 2. The Hall–Kier alpha value is -1.29. The predicted molar refractivity (Wildman–Crippen MR) is 51.4 cm³/mol. The Balaban J connectivity index is 2.36. The zero-order valence-corrected chi connectivity index (χ0v) is 7.75. The van der Waals surface area contributed by atoms with Gasteiger partial charge in [-0.05, 0) is 6.42 Å². The highest BCUT2D eigenvalue weighted by atomic mass is 15.3. The van der Waals surface area contributed by atoms with Gasteiger partial charge in [0.05, 0.1) is 11.9 Å². The Morgan fingerprint density at radius 1 is 1.62 bits per heavy atom. The van der Waals surface area contributed by atoms with Crippen molar-refractivity contribution in [1.29, 1.82) is 0 Å². The lowest BCUT2D eigenvalue weighted by Gasteiger charge is -1.90. The van der Waals surface area contributed by atoms with Crippen molar-refractivity contribution in [2.45, 2.75) is 26.3 Å². The molecule has 2 aromatic heterocycles. The van der Waals surface area contributed by atoms with Gasteiger partial charge in [-0.1, -0.05) is 13.3 Å². The summed E-state index contributed by atoms with van der Waals surface area (Å²) in [5.41, 5.74) is 8.60. The largest absolute Gasteiger partial charge is 0.325 e. The molecule has 0 aromatic carbocycles. The van der Waals surface area contributed by atoms with Crippen LogP contribution in [0.3, 0.4) is 0 Å². The van der Waals surface area contributed by atoms with Crippen LogP contribution in [0.4, 0.5) is 0 Å². The highest BCUT2D eigenvalue weighted by molar-refractivity contribution is 5.40. The van der Waals surface area contributed by atoms with E-state index in [1.165, 1.54) is 5.69 Å². The summed E-state index contributed by atoms with van der Waals surface area (Å²) in [4.78, 5) is 4.34. The molecule has 0 aliphatic heterocycles. The van der Waals surface area contributed by atoms with E-state index in [2.05, 4.69) is 23.1 Å². The van der Waals surface area contributed by atoms with E-state index in [0.29, 0.717) is 6.54 Å². The SMILES string of the molecule is CCCc1cc2nc(CN)cn2[nH]1. The highest BCUT2D eigenvalue weighted by Gasteiger charge is 2.03. The molecule has 0 saturated heterocycles. The zero-order valence-electron chi connectivity index (χ0n) is 7.75. The van der Waals surface area contributed by atoms with Crippen molar-refractivity contribution in [2.75, 3.05) is 0 Å². The second-order valence-electron chi connectivity index (χ2n) is 3.20. The molecule has 2 rings (SSSR count). The number of nitrogens with one attached hydrogen (secondary N) is 1. The van der Waals surface area contributed by atoms with Gasteiger partial charge in [0, 0.05) is 18.3 Å². The van der Waals surface area contributed by atoms with Crippen molar-refractivity contribution >= 4 is 5.65 Å². The summed E-state index contributed by atoms with van der Waals surface area (Å²) in [5.74, 6) is 0. The molecule has 70 valence electrons. The Morgan fingerprint density at radius 2 is 2.46 bits per heavy atom. The molecule has 4 heteroatoms. The highest BCUT2D eigenvalue weighted by Crippen LogP contribution is 2.08. The summed E-state index contributed by atoms with van der Waals surface area (Å²) in [6.45, 7) is 2.66. The number of hydrogen-bond donors (Lipinski definition) is 2. The lowest BCUT2D eigenvalue weighted by atomic mass is 10.2.